The molecule has 0 spiro atoms. The SMILES string of the molecule is COCCC(C)N1CCN2CCCCC2C1. The van der Waals surface area contributed by atoms with Crippen molar-refractivity contribution in [3.8, 4) is 0 Å². The number of piperazine rings is 1. The highest BCUT2D eigenvalue weighted by Gasteiger charge is 2.30. The molecule has 0 radical (unpaired) electrons. The third-order valence-corrected chi connectivity index (χ3v) is 4.23. The van der Waals surface area contributed by atoms with E-state index in [0.717, 1.165) is 12.6 Å². The van der Waals surface area contributed by atoms with Gasteiger partial charge in [-0.05, 0) is 32.7 Å². The van der Waals surface area contributed by atoms with Gasteiger partial charge in [0, 0.05) is 45.4 Å². The Morgan fingerprint density at radius 2 is 2.12 bits per heavy atom. The Bertz CT molecular complexity index is 210. The minimum absolute atomic E-state index is 0.684. The highest BCUT2D eigenvalue weighted by Crippen LogP contribution is 2.22. The Balaban J connectivity index is 1.79. The average Bonchev–Trinajstić information content (AvgIpc) is 2.35. The molecule has 0 aliphatic carbocycles. The molecule has 94 valence electrons. The zero-order chi connectivity index (χ0) is 11.4. The normalized spacial score (nSPS) is 30.0. The van der Waals surface area contributed by atoms with Crippen molar-refractivity contribution in [2.45, 2.75) is 44.7 Å². The lowest BCUT2D eigenvalue weighted by atomic mass is 9.98. The second-order valence-electron chi connectivity index (χ2n) is 5.31. The van der Waals surface area contributed by atoms with Gasteiger partial charge in [0.15, 0.2) is 0 Å². The van der Waals surface area contributed by atoms with Crippen molar-refractivity contribution in [2.75, 3.05) is 39.9 Å². The summed E-state index contributed by atoms with van der Waals surface area (Å²) in [6, 6.07) is 1.52. The lowest BCUT2D eigenvalue weighted by Crippen LogP contribution is -2.56. The maximum absolute atomic E-state index is 5.17. The van der Waals surface area contributed by atoms with Gasteiger partial charge >= 0.3 is 0 Å². The van der Waals surface area contributed by atoms with Crippen LogP contribution in [0.2, 0.25) is 0 Å². The van der Waals surface area contributed by atoms with Crippen LogP contribution in [0.3, 0.4) is 0 Å². The smallest absolute Gasteiger partial charge is 0.0477 e. The fraction of sp³-hybridized carbons (Fsp3) is 1.00. The number of methoxy groups -OCH3 is 1. The van der Waals surface area contributed by atoms with Crippen LogP contribution >= 0.6 is 0 Å². The molecule has 0 saturated carbocycles. The van der Waals surface area contributed by atoms with Crippen LogP contribution < -0.4 is 0 Å². The van der Waals surface area contributed by atoms with E-state index in [-0.39, 0.29) is 0 Å². The number of hydrogen-bond donors (Lipinski definition) is 0. The van der Waals surface area contributed by atoms with Gasteiger partial charge in [0.25, 0.3) is 0 Å². The summed E-state index contributed by atoms with van der Waals surface area (Å²) in [7, 11) is 1.80. The molecule has 3 heteroatoms. The summed E-state index contributed by atoms with van der Waals surface area (Å²) < 4.78 is 5.17. The molecule has 2 aliphatic rings. The Morgan fingerprint density at radius 1 is 1.25 bits per heavy atom. The predicted octanol–water partition coefficient (Wildman–Crippen LogP) is 1.58. The van der Waals surface area contributed by atoms with Crippen LogP contribution in [0.5, 0.6) is 0 Å². The van der Waals surface area contributed by atoms with Crippen molar-refractivity contribution in [3.63, 3.8) is 0 Å². The van der Waals surface area contributed by atoms with E-state index in [4.69, 9.17) is 4.74 Å². The number of rotatable bonds is 4. The fourth-order valence-electron chi connectivity index (χ4n) is 3.05. The summed E-state index contributed by atoms with van der Waals surface area (Å²) in [5, 5.41) is 0. The molecule has 2 heterocycles. The van der Waals surface area contributed by atoms with Gasteiger partial charge in [-0.25, -0.2) is 0 Å². The predicted molar refractivity (Wildman–Crippen MR) is 66.7 cm³/mol. The van der Waals surface area contributed by atoms with E-state index in [1.54, 1.807) is 7.11 Å². The van der Waals surface area contributed by atoms with Crippen LogP contribution in [0.25, 0.3) is 0 Å². The largest absolute Gasteiger partial charge is 0.385 e. The average molecular weight is 226 g/mol. The van der Waals surface area contributed by atoms with E-state index in [9.17, 15) is 0 Å². The van der Waals surface area contributed by atoms with Crippen molar-refractivity contribution >= 4 is 0 Å². The number of hydrogen-bond acceptors (Lipinski definition) is 3. The van der Waals surface area contributed by atoms with Gasteiger partial charge in [-0.1, -0.05) is 6.42 Å². The van der Waals surface area contributed by atoms with Crippen LogP contribution in [0.1, 0.15) is 32.6 Å². The molecule has 0 N–H and O–H groups in total. The van der Waals surface area contributed by atoms with Gasteiger partial charge in [-0.2, -0.15) is 0 Å². The van der Waals surface area contributed by atoms with Crippen LogP contribution in [-0.4, -0.2) is 61.8 Å². The second-order valence-corrected chi connectivity index (χ2v) is 5.31. The van der Waals surface area contributed by atoms with Crippen LogP contribution in [0.15, 0.2) is 0 Å². The molecule has 2 saturated heterocycles. The molecule has 2 aliphatic heterocycles. The minimum Gasteiger partial charge on any atom is -0.385 e. The molecule has 0 bridgehead atoms. The number of fused-ring (bicyclic) bond motifs is 1. The van der Waals surface area contributed by atoms with Gasteiger partial charge < -0.3 is 4.74 Å². The molecule has 3 nitrogen and oxygen atoms in total. The summed E-state index contributed by atoms with van der Waals surface area (Å²) in [6.45, 7) is 8.39. The molecule has 0 aromatic rings. The molecule has 16 heavy (non-hydrogen) atoms. The van der Waals surface area contributed by atoms with E-state index >= 15 is 0 Å². The summed E-state index contributed by atoms with van der Waals surface area (Å²) >= 11 is 0. The Hall–Kier alpha value is -0.120. The molecular weight excluding hydrogens is 200 g/mol. The molecule has 2 rings (SSSR count). The van der Waals surface area contributed by atoms with Gasteiger partial charge in [0.1, 0.15) is 0 Å². The topological polar surface area (TPSA) is 15.7 Å². The number of nitrogens with zero attached hydrogens (tertiary/aromatic N) is 2. The first-order valence-corrected chi connectivity index (χ1v) is 6.78. The van der Waals surface area contributed by atoms with Crippen LogP contribution in [-0.2, 0) is 4.74 Å². The Labute approximate surface area is 99.7 Å². The lowest BCUT2D eigenvalue weighted by molar-refractivity contribution is 0.0237. The summed E-state index contributed by atoms with van der Waals surface area (Å²) in [5.74, 6) is 0. The third kappa shape index (κ3) is 2.96. The first kappa shape index (κ1) is 12.3. The van der Waals surface area contributed by atoms with E-state index < -0.39 is 0 Å². The zero-order valence-corrected chi connectivity index (χ0v) is 10.8. The van der Waals surface area contributed by atoms with Gasteiger partial charge in [0.05, 0.1) is 0 Å². The number of ether oxygens (including phenoxy) is 1. The fourth-order valence-corrected chi connectivity index (χ4v) is 3.05. The molecule has 0 aromatic heterocycles. The highest BCUT2D eigenvalue weighted by molar-refractivity contribution is 4.86. The highest BCUT2D eigenvalue weighted by atomic mass is 16.5. The van der Waals surface area contributed by atoms with Crippen molar-refractivity contribution in [2.24, 2.45) is 0 Å². The Morgan fingerprint density at radius 3 is 2.94 bits per heavy atom. The van der Waals surface area contributed by atoms with Crippen molar-refractivity contribution in [3.05, 3.63) is 0 Å². The van der Waals surface area contributed by atoms with Crippen molar-refractivity contribution < 1.29 is 4.74 Å². The summed E-state index contributed by atoms with van der Waals surface area (Å²) in [6.07, 6.45) is 5.42. The second kappa shape index (κ2) is 5.99. The Kier molecular flexibility index (Phi) is 4.62. The lowest BCUT2D eigenvalue weighted by Gasteiger charge is -2.46. The number of piperidine rings is 1. The van der Waals surface area contributed by atoms with Crippen molar-refractivity contribution in [1.29, 1.82) is 0 Å². The maximum Gasteiger partial charge on any atom is 0.0477 e. The minimum atomic E-state index is 0.684. The standard InChI is InChI=1S/C13H26N2O/c1-12(6-10-16-2)15-9-8-14-7-4-3-5-13(14)11-15/h12-13H,3-11H2,1-2H3. The van der Waals surface area contributed by atoms with Crippen LogP contribution in [0, 0.1) is 0 Å². The quantitative estimate of drug-likeness (QED) is 0.724. The van der Waals surface area contributed by atoms with Gasteiger partial charge in [0.2, 0.25) is 0 Å². The zero-order valence-electron chi connectivity index (χ0n) is 10.8. The van der Waals surface area contributed by atoms with Crippen molar-refractivity contribution in [1.82, 2.24) is 9.80 Å². The molecule has 2 unspecified atom stereocenters. The maximum atomic E-state index is 5.17. The first-order chi connectivity index (χ1) is 7.81. The van der Waals surface area contributed by atoms with E-state index in [1.807, 2.05) is 0 Å². The van der Waals surface area contributed by atoms with Gasteiger partial charge in [-0.3, -0.25) is 9.80 Å². The molecular formula is C13H26N2O. The van der Waals surface area contributed by atoms with E-state index in [0.29, 0.717) is 6.04 Å². The first-order valence-electron chi connectivity index (χ1n) is 6.78. The third-order valence-electron chi connectivity index (χ3n) is 4.23. The van der Waals surface area contributed by atoms with E-state index in [1.165, 1.54) is 51.9 Å². The van der Waals surface area contributed by atoms with Gasteiger partial charge in [-0.15, -0.1) is 0 Å². The summed E-state index contributed by atoms with van der Waals surface area (Å²) in [4.78, 5) is 5.36. The molecule has 2 atom stereocenters. The molecule has 0 aromatic carbocycles. The summed E-state index contributed by atoms with van der Waals surface area (Å²) in [5.41, 5.74) is 0. The van der Waals surface area contributed by atoms with Crippen LogP contribution in [0.4, 0.5) is 0 Å². The molecule has 0 amide bonds. The van der Waals surface area contributed by atoms with E-state index in [2.05, 4.69) is 16.7 Å². The molecule has 2 fully saturated rings. The monoisotopic (exact) mass is 226 g/mol.